The van der Waals surface area contributed by atoms with Gasteiger partial charge in [-0.3, -0.25) is 14.3 Å². The highest BCUT2D eigenvalue weighted by atomic mass is 16.2. The summed E-state index contributed by atoms with van der Waals surface area (Å²) in [6.45, 7) is 6.11. The summed E-state index contributed by atoms with van der Waals surface area (Å²) in [5.74, 6) is 0.817. The molecule has 0 unspecified atom stereocenters. The van der Waals surface area contributed by atoms with E-state index in [9.17, 15) is 9.59 Å². The van der Waals surface area contributed by atoms with Crippen molar-refractivity contribution in [1.82, 2.24) is 29.5 Å². The predicted octanol–water partition coefficient (Wildman–Crippen LogP) is 1.97. The van der Waals surface area contributed by atoms with Crippen molar-refractivity contribution in [1.29, 1.82) is 0 Å². The van der Waals surface area contributed by atoms with E-state index in [1.807, 2.05) is 35.2 Å². The minimum absolute atomic E-state index is 0.0275. The van der Waals surface area contributed by atoms with Gasteiger partial charge in [-0.15, -0.1) is 0 Å². The number of rotatable bonds is 4. The Kier molecular flexibility index (Phi) is 5.60. The Labute approximate surface area is 170 Å². The zero-order valence-corrected chi connectivity index (χ0v) is 17.1. The molecular weight excluding hydrogens is 368 g/mol. The molecule has 4 rings (SSSR count). The number of piperidine rings is 1. The lowest BCUT2D eigenvalue weighted by Gasteiger charge is -2.35. The molecule has 8 heteroatoms. The molecule has 2 aromatic rings. The molecule has 0 radical (unpaired) electrons. The summed E-state index contributed by atoms with van der Waals surface area (Å²) < 4.78 is 1.79. The van der Waals surface area contributed by atoms with Crippen LogP contribution in [0.4, 0.5) is 0 Å². The molecule has 0 aliphatic carbocycles. The summed E-state index contributed by atoms with van der Waals surface area (Å²) >= 11 is 0. The van der Waals surface area contributed by atoms with Crippen LogP contribution >= 0.6 is 0 Å². The van der Waals surface area contributed by atoms with Gasteiger partial charge in [-0.05, 0) is 25.3 Å². The van der Waals surface area contributed by atoms with Gasteiger partial charge in [0.25, 0.3) is 0 Å². The van der Waals surface area contributed by atoms with Crippen molar-refractivity contribution < 1.29 is 9.59 Å². The van der Waals surface area contributed by atoms with Gasteiger partial charge in [0.05, 0.1) is 24.2 Å². The van der Waals surface area contributed by atoms with Gasteiger partial charge < -0.3 is 9.80 Å². The lowest BCUT2D eigenvalue weighted by Crippen LogP contribution is -2.41. The summed E-state index contributed by atoms with van der Waals surface area (Å²) in [5.41, 5.74) is 2.01. The number of fused-ring (bicyclic) bond motifs is 1. The molecule has 0 saturated carbocycles. The second kappa shape index (κ2) is 8.31. The number of aromatic nitrogens is 4. The fourth-order valence-electron chi connectivity index (χ4n) is 4.34. The van der Waals surface area contributed by atoms with E-state index in [-0.39, 0.29) is 23.8 Å². The summed E-state index contributed by atoms with van der Waals surface area (Å²) in [6.07, 6.45) is 9.21. The van der Waals surface area contributed by atoms with Gasteiger partial charge in [0.15, 0.2) is 5.82 Å². The molecule has 2 atom stereocenters. The smallest absolute Gasteiger partial charge is 0.227 e. The normalized spacial score (nSPS) is 20.3. The predicted molar refractivity (Wildman–Crippen MR) is 107 cm³/mol. The highest BCUT2D eigenvalue weighted by Gasteiger charge is 2.30. The van der Waals surface area contributed by atoms with Crippen LogP contribution in [-0.4, -0.2) is 54.5 Å². The first-order valence-corrected chi connectivity index (χ1v) is 10.4. The topological polar surface area (TPSA) is 84.2 Å². The Bertz CT molecular complexity index is 881. The Hall–Kier alpha value is -2.77. The Morgan fingerprint density at radius 2 is 2.14 bits per heavy atom. The van der Waals surface area contributed by atoms with Crippen LogP contribution in [0.3, 0.4) is 0 Å². The molecule has 1 saturated heterocycles. The standard InChI is InChI=1S/C21H28N6O2/c1-15(13-26-9-5-8-23-26)21(29)25-11-7-18-17(14-25)12-22-20(24-18)19-6-3-4-10-27(19)16(2)28/h5,8-9,12,15,19H,3-4,6-7,10-11,13-14H2,1-2H3/t15-,19-/m0/s1. The zero-order valence-electron chi connectivity index (χ0n) is 17.1. The van der Waals surface area contributed by atoms with E-state index in [0.29, 0.717) is 19.6 Å². The molecule has 0 spiro atoms. The van der Waals surface area contributed by atoms with Crippen LogP contribution in [0.1, 0.15) is 56.2 Å². The van der Waals surface area contributed by atoms with Crippen molar-refractivity contribution in [3.8, 4) is 0 Å². The van der Waals surface area contributed by atoms with Gasteiger partial charge in [-0.25, -0.2) is 9.97 Å². The Morgan fingerprint density at radius 3 is 2.90 bits per heavy atom. The number of carbonyl (C=O) groups excluding carboxylic acids is 2. The number of nitrogens with zero attached hydrogens (tertiary/aromatic N) is 6. The highest BCUT2D eigenvalue weighted by molar-refractivity contribution is 5.78. The van der Waals surface area contributed by atoms with Gasteiger partial charge in [0, 0.05) is 57.1 Å². The third-order valence-electron chi connectivity index (χ3n) is 5.91. The van der Waals surface area contributed by atoms with E-state index in [1.165, 1.54) is 0 Å². The zero-order chi connectivity index (χ0) is 20.4. The van der Waals surface area contributed by atoms with Gasteiger partial charge in [-0.1, -0.05) is 6.92 Å². The van der Waals surface area contributed by atoms with Crippen molar-refractivity contribution in [2.24, 2.45) is 5.92 Å². The quantitative estimate of drug-likeness (QED) is 0.789. The first-order chi connectivity index (χ1) is 14.0. The first-order valence-electron chi connectivity index (χ1n) is 10.4. The van der Waals surface area contributed by atoms with Crippen molar-refractivity contribution in [3.05, 3.63) is 41.7 Å². The van der Waals surface area contributed by atoms with Crippen LogP contribution < -0.4 is 0 Å². The van der Waals surface area contributed by atoms with E-state index < -0.39 is 0 Å². The van der Waals surface area contributed by atoms with Crippen LogP contribution in [0.25, 0.3) is 0 Å². The molecule has 154 valence electrons. The summed E-state index contributed by atoms with van der Waals surface area (Å²) in [7, 11) is 0. The van der Waals surface area contributed by atoms with Gasteiger partial charge >= 0.3 is 0 Å². The summed E-state index contributed by atoms with van der Waals surface area (Å²) in [4.78, 5) is 38.0. The van der Waals surface area contributed by atoms with Crippen LogP contribution in [0.2, 0.25) is 0 Å². The minimum Gasteiger partial charge on any atom is -0.338 e. The van der Waals surface area contributed by atoms with E-state index in [2.05, 4.69) is 10.1 Å². The molecule has 2 amide bonds. The highest BCUT2D eigenvalue weighted by Crippen LogP contribution is 2.30. The van der Waals surface area contributed by atoms with Crippen molar-refractivity contribution in [3.63, 3.8) is 0 Å². The molecule has 8 nitrogen and oxygen atoms in total. The largest absolute Gasteiger partial charge is 0.338 e. The van der Waals surface area contributed by atoms with Gasteiger partial charge in [-0.2, -0.15) is 5.10 Å². The lowest BCUT2D eigenvalue weighted by atomic mass is 10.00. The third-order valence-corrected chi connectivity index (χ3v) is 5.91. The SMILES string of the molecule is CC(=O)N1CCCC[C@H]1c1ncc2c(n1)CCN(C(=O)[C@@H](C)Cn1cccn1)C2. The number of amides is 2. The minimum atomic E-state index is -0.136. The fraction of sp³-hybridized carbons (Fsp3) is 0.571. The van der Waals surface area contributed by atoms with E-state index >= 15 is 0 Å². The second-order valence-corrected chi connectivity index (χ2v) is 8.06. The van der Waals surface area contributed by atoms with Gasteiger partial charge in [0.2, 0.25) is 11.8 Å². The molecule has 2 aromatic heterocycles. The molecular formula is C21H28N6O2. The van der Waals surface area contributed by atoms with Crippen LogP contribution in [0.5, 0.6) is 0 Å². The average Bonchev–Trinajstić information content (AvgIpc) is 3.25. The third kappa shape index (κ3) is 4.16. The molecule has 2 aliphatic heterocycles. The maximum absolute atomic E-state index is 12.9. The summed E-state index contributed by atoms with van der Waals surface area (Å²) in [5, 5.41) is 4.19. The molecule has 0 aromatic carbocycles. The number of likely N-dealkylation sites (tertiary alicyclic amines) is 1. The number of hydrogen-bond acceptors (Lipinski definition) is 5. The second-order valence-electron chi connectivity index (χ2n) is 8.06. The van der Waals surface area contributed by atoms with E-state index in [4.69, 9.17) is 4.98 Å². The lowest BCUT2D eigenvalue weighted by molar-refractivity contribution is -0.136. The maximum Gasteiger partial charge on any atom is 0.227 e. The van der Waals surface area contributed by atoms with Crippen LogP contribution in [0.15, 0.2) is 24.7 Å². The monoisotopic (exact) mass is 396 g/mol. The number of hydrogen-bond donors (Lipinski definition) is 0. The van der Waals surface area contributed by atoms with E-state index in [0.717, 1.165) is 49.3 Å². The summed E-state index contributed by atoms with van der Waals surface area (Å²) in [6, 6.07) is 1.84. The van der Waals surface area contributed by atoms with Crippen molar-refractivity contribution >= 4 is 11.8 Å². The van der Waals surface area contributed by atoms with Crippen molar-refractivity contribution in [2.45, 2.75) is 58.7 Å². The van der Waals surface area contributed by atoms with Gasteiger partial charge in [0.1, 0.15) is 0 Å². The molecule has 0 N–H and O–H groups in total. The number of carbonyl (C=O) groups is 2. The van der Waals surface area contributed by atoms with E-state index in [1.54, 1.807) is 17.8 Å². The van der Waals surface area contributed by atoms with Crippen LogP contribution in [-0.2, 0) is 29.1 Å². The molecule has 1 fully saturated rings. The first kappa shape index (κ1) is 19.5. The molecule has 2 aliphatic rings. The Morgan fingerprint density at radius 1 is 1.28 bits per heavy atom. The Balaban J connectivity index is 1.45. The molecule has 4 heterocycles. The van der Waals surface area contributed by atoms with Crippen LogP contribution in [0, 0.1) is 5.92 Å². The van der Waals surface area contributed by atoms with Crippen molar-refractivity contribution in [2.75, 3.05) is 13.1 Å². The molecule has 0 bridgehead atoms. The maximum atomic E-state index is 12.9. The fourth-order valence-corrected chi connectivity index (χ4v) is 4.34. The average molecular weight is 396 g/mol. The molecule has 29 heavy (non-hydrogen) atoms.